The number of aromatic nitrogens is 2. The number of nitrogens with zero attached hydrogens (tertiary/aromatic N) is 3. The predicted molar refractivity (Wildman–Crippen MR) is 122 cm³/mol. The predicted octanol–water partition coefficient (Wildman–Crippen LogP) is 3.93. The Morgan fingerprint density at radius 1 is 1.24 bits per heavy atom. The van der Waals surface area contributed by atoms with Crippen molar-refractivity contribution in [1.29, 1.82) is 0 Å². The smallest absolute Gasteiger partial charge is 0.274 e. The molecule has 1 aliphatic heterocycles. The van der Waals surface area contributed by atoms with Gasteiger partial charge in [0.25, 0.3) is 5.91 Å². The van der Waals surface area contributed by atoms with E-state index in [0.717, 1.165) is 18.7 Å². The number of amides is 1. The van der Waals surface area contributed by atoms with Gasteiger partial charge in [0, 0.05) is 47.7 Å². The van der Waals surface area contributed by atoms with Crippen molar-refractivity contribution in [2.45, 2.75) is 26.0 Å². The summed E-state index contributed by atoms with van der Waals surface area (Å²) in [6.07, 6.45) is 1.74. The lowest BCUT2D eigenvalue weighted by molar-refractivity contribution is -0.0323. The number of rotatable bonds is 6. The third kappa shape index (κ3) is 5.33. The molecule has 1 saturated heterocycles. The number of halogens is 1. The number of benzene rings is 2. The first-order chi connectivity index (χ1) is 15.9. The average Bonchev–Trinajstić information content (AvgIpc) is 2.83. The summed E-state index contributed by atoms with van der Waals surface area (Å²) in [5.41, 5.74) is 4.51. The summed E-state index contributed by atoms with van der Waals surface area (Å²) in [6, 6.07) is 13.4. The quantitative estimate of drug-likeness (QED) is 0.386. The molecule has 2 aromatic carbocycles. The Balaban J connectivity index is 1.48. The number of carbonyl (C=O) groups excluding carboxylic acids is 1. The molecule has 0 bridgehead atoms. The summed E-state index contributed by atoms with van der Waals surface area (Å²) in [6.45, 7) is 6.23. The van der Waals surface area contributed by atoms with E-state index < -0.39 is 5.91 Å². The van der Waals surface area contributed by atoms with Gasteiger partial charge in [-0.25, -0.2) is 19.8 Å². The van der Waals surface area contributed by atoms with Crippen molar-refractivity contribution < 1.29 is 19.1 Å². The van der Waals surface area contributed by atoms with Gasteiger partial charge in [-0.3, -0.25) is 14.9 Å². The number of hydroxylamine groups is 1. The molecule has 2 unspecified atom stereocenters. The average molecular weight is 452 g/mol. The minimum atomic E-state index is -0.588. The Morgan fingerprint density at radius 3 is 2.73 bits per heavy atom. The van der Waals surface area contributed by atoms with E-state index >= 15 is 0 Å². The van der Waals surface area contributed by atoms with Crippen LogP contribution in [0.1, 0.15) is 35.8 Å². The highest BCUT2D eigenvalue weighted by molar-refractivity contribution is 5.93. The summed E-state index contributed by atoms with van der Waals surface area (Å²) in [4.78, 5) is 22.4. The minimum Gasteiger partial charge on any atom is -0.376 e. The van der Waals surface area contributed by atoms with Crippen molar-refractivity contribution in [3.05, 3.63) is 71.7 Å². The first-order valence-electron chi connectivity index (χ1n) is 10.7. The van der Waals surface area contributed by atoms with Gasteiger partial charge >= 0.3 is 0 Å². The van der Waals surface area contributed by atoms with Crippen LogP contribution in [0.3, 0.4) is 0 Å². The number of ether oxygens (including phenoxy) is 1. The number of anilines is 2. The van der Waals surface area contributed by atoms with Gasteiger partial charge in [-0.2, -0.15) is 0 Å². The molecule has 2 atom stereocenters. The van der Waals surface area contributed by atoms with Gasteiger partial charge in [0.2, 0.25) is 5.95 Å². The molecule has 0 aliphatic carbocycles. The third-order valence-electron chi connectivity index (χ3n) is 5.73. The Morgan fingerprint density at radius 2 is 2.03 bits per heavy atom. The second kappa shape index (κ2) is 10.0. The molecule has 8 nitrogen and oxygen atoms in total. The van der Waals surface area contributed by atoms with Crippen molar-refractivity contribution >= 4 is 17.5 Å². The Kier molecular flexibility index (Phi) is 6.93. The molecule has 2 heterocycles. The lowest BCUT2D eigenvalue weighted by atomic mass is 10.0. The molecule has 0 spiro atoms. The third-order valence-corrected chi connectivity index (χ3v) is 5.73. The molecule has 0 saturated carbocycles. The van der Waals surface area contributed by atoms with Crippen molar-refractivity contribution in [3.63, 3.8) is 0 Å². The van der Waals surface area contributed by atoms with E-state index in [0.29, 0.717) is 35.1 Å². The molecule has 1 aliphatic rings. The van der Waals surface area contributed by atoms with Gasteiger partial charge in [-0.15, -0.1) is 0 Å². The zero-order valence-corrected chi connectivity index (χ0v) is 18.5. The molecule has 1 amide bonds. The number of carbonyl (C=O) groups is 1. The fraction of sp³-hybridized carbons (Fsp3) is 0.292. The van der Waals surface area contributed by atoms with Crippen molar-refractivity contribution in [2.75, 3.05) is 25.0 Å². The van der Waals surface area contributed by atoms with E-state index in [-0.39, 0.29) is 18.0 Å². The Hall–Kier alpha value is -3.40. The fourth-order valence-electron chi connectivity index (χ4n) is 3.90. The van der Waals surface area contributed by atoms with Crippen LogP contribution in [0.2, 0.25) is 0 Å². The zero-order chi connectivity index (χ0) is 23.4. The lowest BCUT2D eigenvalue weighted by Gasteiger charge is -2.35. The molecule has 3 aromatic rings. The van der Waals surface area contributed by atoms with E-state index in [4.69, 9.17) is 9.94 Å². The normalized spacial score (nSPS) is 17.4. The first kappa shape index (κ1) is 22.8. The fourth-order valence-corrected chi connectivity index (χ4v) is 3.90. The monoisotopic (exact) mass is 451 g/mol. The largest absolute Gasteiger partial charge is 0.376 e. The Bertz CT molecular complexity index is 1130. The summed E-state index contributed by atoms with van der Waals surface area (Å²) >= 11 is 0. The van der Waals surface area contributed by atoms with Gasteiger partial charge in [0.1, 0.15) is 5.82 Å². The Labute approximate surface area is 191 Å². The highest BCUT2D eigenvalue weighted by Gasteiger charge is 2.24. The van der Waals surface area contributed by atoms with Gasteiger partial charge < -0.3 is 10.1 Å². The lowest BCUT2D eigenvalue weighted by Crippen LogP contribution is -2.42. The molecule has 3 N–H and O–H groups in total. The number of nitrogens with one attached hydrogen (secondary N) is 2. The van der Waals surface area contributed by atoms with E-state index in [2.05, 4.69) is 20.2 Å². The molecule has 1 fully saturated rings. The molecule has 9 heteroatoms. The van der Waals surface area contributed by atoms with Crippen LogP contribution in [0.25, 0.3) is 11.3 Å². The minimum absolute atomic E-state index is 0.0548. The van der Waals surface area contributed by atoms with Gasteiger partial charge in [0.15, 0.2) is 0 Å². The van der Waals surface area contributed by atoms with E-state index in [1.165, 1.54) is 6.07 Å². The number of hydrogen-bond donors (Lipinski definition) is 3. The number of morpholine rings is 1. The second-order valence-corrected chi connectivity index (χ2v) is 8.00. The van der Waals surface area contributed by atoms with Crippen LogP contribution in [-0.4, -0.2) is 51.8 Å². The van der Waals surface area contributed by atoms with Gasteiger partial charge in [0.05, 0.1) is 18.4 Å². The van der Waals surface area contributed by atoms with E-state index in [1.54, 1.807) is 48.1 Å². The molecule has 4 rings (SSSR count). The van der Waals surface area contributed by atoms with E-state index in [1.807, 2.05) is 19.9 Å². The molecule has 33 heavy (non-hydrogen) atoms. The maximum absolute atomic E-state index is 14.9. The van der Waals surface area contributed by atoms with Crippen LogP contribution in [0.5, 0.6) is 0 Å². The SMILES string of the molecule is CC1CN(C(C)c2ccc(Nc3nccc(-c4ccc(C(=O)NO)cc4)n3)cc2F)CCO1. The second-order valence-electron chi connectivity index (χ2n) is 8.00. The van der Waals surface area contributed by atoms with Crippen LogP contribution in [0.15, 0.2) is 54.7 Å². The van der Waals surface area contributed by atoms with Gasteiger partial charge in [-0.05, 0) is 44.2 Å². The van der Waals surface area contributed by atoms with Crippen LogP contribution >= 0.6 is 0 Å². The molecule has 172 valence electrons. The maximum Gasteiger partial charge on any atom is 0.274 e. The molecular weight excluding hydrogens is 425 g/mol. The molecule has 0 radical (unpaired) electrons. The summed E-state index contributed by atoms with van der Waals surface area (Å²) < 4.78 is 20.5. The summed E-state index contributed by atoms with van der Waals surface area (Å²) in [5, 5.41) is 11.8. The van der Waals surface area contributed by atoms with E-state index in [9.17, 15) is 9.18 Å². The summed E-state index contributed by atoms with van der Waals surface area (Å²) in [7, 11) is 0. The zero-order valence-electron chi connectivity index (χ0n) is 18.5. The highest BCUT2D eigenvalue weighted by atomic mass is 19.1. The van der Waals surface area contributed by atoms with Gasteiger partial charge in [-0.1, -0.05) is 18.2 Å². The van der Waals surface area contributed by atoms with Crippen molar-refractivity contribution in [1.82, 2.24) is 20.3 Å². The topological polar surface area (TPSA) is 99.6 Å². The first-order valence-corrected chi connectivity index (χ1v) is 10.7. The molecule has 1 aromatic heterocycles. The number of hydrogen-bond acceptors (Lipinski definition) is 7. The van der Waals surface area contributed by atoms with Crippen LogP contribution in [-0.2, 0) is 4.74 Å². The maximum atomic E-state index is 14.9. The van der Waals surface area contributed by atoms with Crippen molar-refractivity contribution in [2.24, 2.45) is 0 Å². The molecular formula is C24H26FN5O3. The van der Waals surface area contributed by atoms with Crippen molar-refractivity contribution in [3.8, 4) is 11.3 Å². The van der Waals surface area contributed by atoms with Crippen LogP contribution in [0.4, 0.5) is 16.0 Å². The summed E-state index contributed by atoms with van der Waals surface area (Å²) in [5.74, 6) is -0.554. The highest BCUT2D eigenvalue weighted by Crippen LogP contribution is 2.28. The van der Waals surface area contributed by atoms with Crippen LogP contribution in [0, 0.1) is 5.82 Å². The van der Waals surface area contributed by atoms with Crippen LogP contribution < -0.4 is 10.8 Å². The standard InChI is InChI=1S/C24H26FN5O3/c1-15-14-30(11-12-33-15)16(2)20-8-7-19(13-21(20)25)27-24-26-10-9-22(28-24)17-3-5-18(6-4-17)23(31)29-32/h3-10,13,15-16,32H,11-12,14H2,1-2H3,(H,29,31)(H,26,27,28).